The molecule has 4 aromatic rings. The number of aliphatic hydroxyl groups is 1. The van der Waals surface area contributed by atoms with Gasteiger partial charge in [-0.3, -0.25) is 4.68 Å². The van der Waals surface area contributed by atoms with Crippen molar-refractivity contribution in [2.24, 2.45) is 0 Å². The van der Waals surface area contributed by atoms with Crippen LogP contribution in [0, 0.1) is 0 Å². The van der Waals surface area contributed by atoms with Crippen molar-refractivity contribution < 1.29 is 24.1 Å². The minimum absolute atomic E-state index is 0.0587. The largest absolute Gasteiger partial charge is 0.497 e. The molecule has 0 spiro atoms. The standard InChI is InChI=1S/C35H45N5O5/c1-5-21-35(42,6-2)24-40-31(20-22-36-40)28-12-10-26(11-13-28)27-14-18-30(19-15-27)45-33-32(34(41)44-7-3)37-38-39(33)23-25-8-16-29(43-4)17-9-25/h8-13,16-17,20,22,27,30,42H,5-7,14-15,18-19,21,23-24H2,1-4H3/t27-,30-,35?. The lowest BCUT2D eigenvalue weighted by Gasteiger charge is -2.29. The summed E-state index contributed by atoms with van der Waals surface area (Å²) in [6, 6.07) is 18.4. The number of rotatable bonds is 14. The fraction of sp³-hybridized carbons (Fsp3) is 0.486. The van der Waals surface area contributed by atoms with Crippen LogP contribution in [0.4, 0.5) is 0 Å². The molecule has 10 nitrogen and oxygen atoms in total. The van der Waals surface area contributed by atoms with Gasteiger partial charge in [0.25, 0.3) is 0 Å². The Balaban J connectivity index is 1.24. The van der Waals surface area contributed by atoms with Gasteiger partial charge in [-0.1, -0.05) is 61.9 Å². The van der Waals surface area contributed by atoms with E-state index in [9.17, 15) is 9.90 Å². The molecule has 2 aromatic heterocycles. The highest BCUT2D eigenvalue weighted by atomic mass is 16.5. The van der Waals surface area contributed by atoms with E-state index in [2.05, 4.69) is 46.6 Å². The summed E-state index contributed by atoms with van der Waals surface area (Å²) in [7, 11) is 1.63. The third-order valence-corrected chi connectivity index (χ3v) is 8.81. The third-order valence-electron chi connectivity index (χ3n) is 8.81. The first kappa shape index (κ1) is 32.2. The SMILES string of the molecule is CCCC(O)(CC)Cn1nccc1-c1ccc([C@H]2CC[C@H](Oc3c(C(=O)OCC)nnn3Cc3ccc(OC)cc3)CC2)cc1. The second kappa shape index (κ2) is 14.7. The van der Waals surface area contributed by atoms with E-state index in [1.807, 2.05) is 41.9 Å². The maximum Gasteiger partial charge on any atom is 0.364 e. The summed E-state index contributed by atoms with van der Waals surface area (Å²) < 4.78 is 20.5. The van der Waals surface area contributed by atoms with Gasteiger partial charge in [0, 0.05) is 6.20 Å². The molecule has 0 bridgehead atoms. The van der Waals surface area contributed by atoms with E-state index in [0.717, 1.165) is 61.1 Å². The molecule has 1 atom stereocenters. The Morgan fingerprint density at radius 2 is 1.71 bits per heavy atom. The summed E-state index contributed by atoms with van der Waals surface area (Å²) in [6.45, 7) is 7.03. The van der Waals surface area contributed by atoms with Crippen LogP contribution < -0.4 is 9.47 Å². The molecule has 10 heteroatoms. The van der Waals surface area contributed by atoms with Crippen molar-refractivity contribution in [1.29, 1.82) is 0 Å². The average molecular weight is 616 g/mol. The first-order chi connectivity index (χ1) is 21.9. The first-order valence-corrected chi connectivity index (χ1v) is 16.1. The number of methoxy groups -OCH3 is 1. The predicted octanol–water partition coefficient (Wildman–Crippen LogP) is 6.42. The van der Waals surface area contributed by atoms with E-state index >= 15 is 0 Å². The van der Waals surface area contributed by atoms with Crippen LogP contribution in [0.25, 0.3) is 11.3 Å². The summed E-state index contributed by atoms with van der Waals surface area (Å²) in [4.78, 5) is 12.7. The van der Waals surface area contributed by atoms with Crippen molar-refractivity contribution in [2.45, 2.75) is 96.4 Å². The van der Waals surface area contributed by atoms with E-state index in [0.29, 0.717) is 31.3 Å². The number of ether oxygens (including phenoxy) is 3. The first-order valence-electron chi connectivity index (χ1n) is 16.1. The number of esters is 1. The van der Waals surface area contributed by atoms with Gasteiger partial charge in [-0.05, 0) is 86.3 Å². The lowest BCUT2D eigenvalue weighted by atomic mass is 9.82. The molecule has 0 amide bonds. The normalized spacial score (nSPS) is 17.9. The Bertz CT molecular complexity index is 1520. The molecule has 0 aliphatic heterocycles. The van der Waals surface area contributed by atoms with E-state index in [1.165, 1.54) is 5.56 Å². The zero-order chi connectivity index (χ0) is 31.8. The smallest absolute Gasteiger partial charge is 0.364 e. The Hall–Kier alpha value is -4.18. The highest BCUT2D eigenvalue weighted by Gasteiger charge is 2.29. The number of nitrogens with zero attached hydrogens (tertiary/aromatic N) is 5. The maximum absolute atomic E-state index is 12.7. The second-order valence-electron chi connectivity index (χ2n) is 11.9. The Kier molecular flexibility index (Phi) is 10.5. The Labute approximate surface area is 265 Å². The summed E-state index contributed by atoms with van der Waals surface area (Å²) in [5.74, 6) is 1.01. The molecule has 1 aliphatic rings. The average Bonchev–Trinajstić information content (AvgIpc) is 3.69. The molecule has 2 heterocycles. The molecule has 240 valence electrons. The minimum Gasteiger partial charge on any atom is -0.497 e. The quantitative estimate of drug-likeness (QED) is 0.162. The van der Waals surface area contributed by atoms with Crippen LogP contribution >= 0.6 is 0 Å². The zero-order valence-electron chi connectivity index (χ0n) is 26.8. The van der Waals surface area contributed by atoms with Gasteiger partial charge in [-0.15, -0.1) is 5.10 Å². The van der Waals surface area contributed by atoms with Crippen LogP contribution in [0.3, 0.4) is 0 Å². The van der Waals surface area contributed by atoms with Gasteiger partial charge < -0.3 is 19.3 Å². The number of carbonyl (C=O) groups is 1. The fourth-order valence-corrected chi connectivity index (χ4v) is 6.17. The molecule has 0 saturated heterocycles. The second-order valence-corrected chi connectivity index (χ2v) is 11.9. The highest BCUT2D eigenvalue weighted by Crippen LogP contribution is 2.36. The summed E-state index contributed by atoms with van der Waals surface area (Å²) in [5.41, 5.74) is 3.74. The predicted molar refractivity (Wildman–Crippen MR) is 172 cm³/mol. The molecule has 1 unspecified atom stereocenters. The molecule has 1 N–H and O–H groups in total. The lowest BCUT2D eigenvalue weighted by Crippen LogP contribution is -2.34. The Morgan fingerprint density at radius 3 is 2.36 bits per heavy atom. The van der Waals surface area contributed by atoms with E-state index in [-0.39, 0.29) is 18.4 Å². The maximum atomic E-state index is 12.7. The number of hydrogen-bond acceptors (Lipinski definition) is 8. The van der Waals surface area contributed by atoms with Crippen molar-refractivity contribution in [3.05, 3.63) is 77.6 Å². The molecule has 2 aromatic carbocycles. The minimum atomic E-state index is -0.753. The van der Waals surface area contributed by atoms with Crippen molar-refractivity contribution in [3.8, 4) is 22.9 Å². The monoisotopic (exact) mass is 615 g/mol. The van der Waals surface area contributed by atoms with Gasteiger partial charge in [0.05, 0.1) is 38.1 Å². The van der Waals surface area contributed by atoms with E-state index in [4.69, 9.17) is 14.2 Å². The summed E-state index contributed by atoms with van der Waals surface area (Å²) >= 11 is 0. The topological polar surface area (TPSA) is 114 Å². The molecule has 45 heavy (non-hydrogen) atoms. The van der Waals surface area contributed by atoms with Crippen LogP contribution in [-0.2, 0) is 17.8 Å². The van der Waals surface area contributed by atoms with Gasteiger partial charge >= 0.3 is 5.97 Å². The van der Waals surface area contributed by atoms with Crippen molar-refractivity contribution in [1.82, 2.24) is 24.8 Å². The third kappa shape index (κ3) is 7.73. The molecule has 0 radical (unpaired) electrons. The van der Waals surface area contributed by atoms with Crippen molar-refractivity contribution in [2.75, 3.05) is 13.7 Å². The zero-order valence-corrected chi connectivity index (χ0v) is 26.8. The van der Waals surface area contributed by atoms with Crippen LogP contribution in [0.2, 0.25) is 0 Å². The van der Waals surface area contributed by atoms with Gasteiger partial charge in [0.2, 0.25) is 11.6 Å². The lowest BCUT2D eigenvalue weighted by molar-refractivity contribution is 0.00713. The molecule has 1 fully saturated rings. The number of benzene rings is 2. The van der Waals surface area contributed by atoms with Gasteiger partial charge in [0.1, 0.15) is 11.9 Å². The van der Waals surface area contributed by atoms with Crippen molar-refractivity contribution in [3.63, 3.8) is 0 Å². The van der Waals surface area contributed by atoms with Crippen LogP contribution in [-0.4, -0.2) is 61.3 Å². The Morgan fingerprint density at radius 1 is 0.978 bits per heavy atom. The van der Waals surface area contributed by atoms with Crippen LogP contribution in [0.5, 0.6) is 11.6 Å². The van der Waals surface area contributed by atoms with Gasteiger partial charge in [-0.2, -0.15) is 5.10 Å². The number of hydrogen-bond donors (Lipinski definition) is 1. The molecule has 1 saturated carbocycles. The van der Waals surface area contributed by atoms with E-state index < -0.39 is 11.6 Å². The number of carbonyl (C=O) groups excluding carboxylic acids is 1. The molecule has 5 rings (SSSR count). The van der Waals surface area contributed by atoms with Crippen molar-refractivity contribution >= 4 is 5.97 Å². The fourth-order valence-electron chi connectivity index (χ4n) is 6.17. The molecular weight excluding hydrogens is 570 g/mol. The van der Waals surface area contributed by atoms with Crippen LogP contribution in [0.1, 0.15) is 93.3 Å². The number of aromatic nitrogens is 5. The summed E-state index contributed by atoms with van der Waals surface area (Å²) in [6.07, 6.45) is 7.75. The van der Waals surface area contributed by atoms with Crippen LogP contribution in [0.15, 0.2) is 60.8 Å². The molecular formula is C35H45N5O5. The molecule has 1 aliphatic carbocycles. The van der Waals surface area contributed by atoms with Gasteiger partial charge in [-0.25, -0.2) is 9.48 Å². The van der Waals surface area contributed by atoms with Gasteiger partial charge in [0.15, 0.2) is 0 Å². The summed E-state index contributed by atoms with van der Waals surface area (Å²) in [5, 5.41) is 23.9. The highest BCUT2D eigenvalue weighted by molar-refractivity contribution is 5.89. The van der Waals surface area contributed by atoms with E-state index in [1.54, 1.807) is 24.9 Å².